The Labute approximate surface area is 114 Å². The van der Waals surface area contributed by atoms with Gasteiger partial charge in [0.2, 0.25) is 0 Å². The quantitative estimate of drug-likeness (QED) is 0.580. The molecule has 0 atom stereocenters. The number of nitro groups is 1. The normalized spacial score (nSPS) is 10.9. The molecule has 0 fully saturated rings. The summed E-state index contributed by atoms with van der Waals surface area (Å²) in [5.41, 5.74) is 0.678. The van der Waals surface area contributed by atoms with Crippen molar-refractivity contribution in [1.29, 1.82) is 0 Å². The number of hydrogen-bond donors (Lipinski definition) is 1. The zero-order valence-electron chi connectivity index (χ0n) is 11.6. The number of rotatable bonds is 8. The van der Waals surface area contributed by atoms with Gasteiger partial charge in [0.15, 0.2) is 5.75 Å². The molecular weight excluding hydrogens is 244 g/mol. The highest BCUT2D eigenvalue weighted by Crippen LogP contribution is 2.26. The fraction of sp³-hybridized carbons (Fsp3) is 0.571. The standard InChI is InChI=1S/C14H22N2O3/c1-3-8-15(9-4-2)10-7-12-5-6-14(17)13(11-12)16(18)19/h5-6,11,17H,3-4,7-10H2,1-2H3. The number of hydrogen-bond acceptors (Lipinski definition) is 4. The minimum Gasteiger partial charge on any atom is -0.502 e. The van der Waals surface area contributed by atoms with Crippen molar-refractivity contribution in [1.82, 2.24) is 4.90 Å². The summed E-state index contributed by atoms with van der Waals surface area (Å²) >= 11 is 0. The van der Waals surface area contributed by atoms with Gasteiger partial charge in [-0.1, -0.05) is 19.9 Å². The fourth-order valence-corrected chi connectivity index (χ4v) is 2.13. The fourth-order valence-electron chi connectivity index (χ4n) is 2.13. The molecule has 0 amide bonds. The highest BCUT2D eigenvalue weighted by Gasteiger charge is 2.13. The summed E-state index contributed by atoms with van der Waals surface area (Å²) in [5, 5.41) is 20.2. The summed E-state index contributed by atoms with van der Waals surface area (Å²) < 4.78 is 0. The van der Waals surface area contributed by atoms with E-state index in [4.69, 9.17) is 0 Å². The molecule has 0 aliphatic rings. The molecule has 0 aromatic heterocycles. The largest absolute Gasteiger partial charge is 0.502 e. The summed E-state index contributed by atoms with van der Waals surface area (Å²) in [7, 11) is 0. The van der Waals surface area contributed by atoms with Crippen LogP contribution in [0.1, 0.15) is 32.3 Å². The van der Waals surface area contributed by atoms with Gasteiger partial charge in [0, 0.05) is 12.6 Å². The second kappa shape index (κ2) is 7.74. The third-order valence-electron chi connectivity index (χ3n) is 3.03. The van der Waals surface area contributed by atoms with Crippen LogP contribution >= 0.6 is 0 Å². The van der Waals surface area contributed by atoms with E-state index in [1.165, 1.54) is 12.1 Å². The van der Waals surface area contributed by atoms with Crippen LogP contribution in [0.3, 0.4) is 0 Å². The lowest BCUT2D eigenvalue weighted by molar-refractivity contribution is -0.385. The molecule has 5 heteroatoms. The molecule has 0 aliphatic heterocycles. The van der Waals surface area contributed by atoms with Crippen LogP contribution in [0.25, 0.3) is 0 Å². The molecule has 1 aromatic carbocycles. The summed E-state index contributed by atoms with van der Waals surface area (Å²) in [6, 6.07) is 4.61. The van der Waals surface area contributed by atoms with Crippen molar-refractivity contribution in [3.63, 3.8) is 0 Å². The first kappa shape index (κ1) is 15.4. The van der Waals surface area contributed by atoms with Gasteiger partial charge in [0.25, 0.3) is 0 Å². The van der Waals surface area contributed by atoms with Crippen molar-refractivity contribution in [3.8, 4) is 5.75 Å². The van der Waals surface area contributed by atoms with Crippen molar-refractivity contribution in [2.45, 2.75) is 33.1 Å². The van der Waals surface area contributed by atoms with Crippen LogP contribution in [0.2, 0.25) is 0 Å². The molecule has 0 aliphatic carbocycles. The first-order valence-electron chi connectivity index (χ1n) is 6.77. The molecule has 0 heterocycles. The molecule has 19 heavy (non-hydrogen) atoms. The van der Waals surface area contributed by atoms with Gasteiger partial charge >= 0.3 is 5.69 Å². The van der Waals surface area contributed by atoms with Gasteiger partial charge in [-0.05, 0) is 44.0 Å². The van der Waals surface area contributed by atoms with E-state index < -0.39 is 4.92 Å². The zero-order valence-corrected chi connectivity index (χ0v) is 11.6. The van der Waals surface area contributed by atoms with E-state index >= 15 is 0 Å². The van der Waals surface area contributed by atoms with Gasteiger partial charge in [0.1, 0.15) is 0 Å². The predicted octanol–water partition coefficient (Wildman–Crippen LogP) is 2.96. The van der Waals surface area contributed by atoms with Crippen molar-refractivity contribution in [2.24, 2.45) is 0 Å². The average Bonchev–Trinajstić information content (AvgIpc) is 2.37. The zero-order chi connectivity index (χ0) is 14.3. The molecule has 1 rings (SSSR count). The van der Waals surface area contributed by atoms with Crippen LogP contribution < -0.4 is 0 Å². The van der Waals surface area contributed by atoms with Crippen LogP contribution in [0.15, 0.2) is 18.2 Å². The van der Waals surface area contributed by atoms with E-state index in [2.05, 4.69) is 18.7 Å². The monoisotopic (exact) mass is 266 g/mol. The Kier molecular flexibility index (Phi) is 6.29. The van der Waals surface area contributed by atoms with Gasteiger partial charge in [-0.3, -0.25) is 10.1 Å². The Morgan fingerprint density at radius 2 is 1.84 bits per heavy atom. The molecular formula is C14H22N2O3. The number of benzene rings is 1. The molecule has 0 spiro atoms. The van der Waals surface area contributed by atoms with Crippen LogP contribution in [-0.2, 0) is 6.42 Å². The Hall–Kier alpha value is -1.62. The van der Waals surface area contributed by atoms with Crippen molar-refractivity contribution >= 4 is 5.69 Å². The maximum Gasteiger partial charge on any atom is 0.310 e. The summed E-state index contributed by atoms with van der Waals surface area (Å²) in [5.74, 6) is -0.271. The van der Waals surface area contributed by atoms with Crippen LogP contribution in [-0.4, -0.2) is 34.6 Å². The lowest BCUT2D eigenvalue weighted by Gasteiger charge is -2.20. The maximum atomic E-state index is 10.8. The van der Waals surface area contributed by atoms with E-state index in [-0.39, 0.29) is 11.4 Å². The minimum absolute atomic E-state index is 0.213. The van der Waals surface area contributed by atoms with Gasteiger partial charge in [-0.15, -0.1) is 0 Å². The van der Waals surface area contributed by atoms with E-state index in [0.29, 0.717) is 0 Å². The lowest BCUT2D eigenvalue weighted by atomic mass is 10.1. The topological polar surface area (TPSA) is 66.6 Å². The highest BCUT2D eigenvalue weighted by molar-refractivity contribution is 5.47. The van der Waals surface area contributed by atoms with E-state index in [1.807, 2.05) is 0 Å². The van der Waals surface area contributed by atoms with Crippen LogP contribution in [0, 0.1) is 10.1 Å². The first-order valence-corrected chi connectivity index (χ1v) is 6.77. The number of phenols is 1. The summed E-state index contributed by atoms with van der Waals surface area (Å²) in [6.45, 7) is 7.29. The third kappa shape index (κ3) is 4.87. The van der Waals surface area contributed by atoms with Gasteiger partial charge in [-0.25, -0.2) is 0 Å². The molecule has 106 valence electrons. The maximum absolute atomic E-state index is 10.8. The molecule has 0 bridgehead atoms. The average molecular weight is 266 g/mol. The van der Waals surface area contributed by atoms with Gasteiger partial charge in [-0.2, -0.15) is 0 Å². The number of aromatic hydroxyl groups is 1. The van der Waals surface area contributed by atoms with E-state index in [0.717, 1.165) is 44.5 Å². The van der Waals surface area contributed by atoms with Crippen LogP contribution in [0.4, 0.5) is 5.69 Å². The Balaban J connectivity index is 2.66. The molecule has 0 radical (unpaired) electrons. The van der Waals surface area contributed by atoms with Crippen molar-refractivity contribution in [3.05, 3.63) is 33.9 Å². The van der Waals surface area contributed by atoms with Gasteiger partial charge < -0.3 is 10.0 Å². The molecule has 1 aromatic rings. The van der Waals surface area contributed by atoms with Crippen molar-refractivity contribution in [2.75, 3.05) is 19.6 Å². The molecule has 0 unspecified atom stereocenters. The minimum atomic E-state index is -0.547. The molecule has 1 N–H and O–H groups in total. The first-order chi connectivity index (χ1) is 9.08. The van der Waals surface area contributed by atoms with E-state index in [1.54, 1.807) is 6.07 Å². The smallest absolute Gasteiger partial charge is 0.310 e. The SMILES string of the molecule is CCCN(CCC)CCc1ccc(O)c([N+](=O)[O-])c1. The van der Waals surface area contributed by atoms with Gasteiger partial charge in [0.05, 0.1) is 4.92 Å². The van der Waals surface area contributed by atoms with E-state index in [9.17, 15) is 15.2 Å². The molecule has 0 saturated heterocycles. The Bertz CT molecular complexity index is 415. The lowest BCUT2D eigenvalue weighted by Crippen LogP contribution is -2.27. The second-order valence-corrected chi connectivity index (χ2v) is 4.67. The van der Waals surface area contributed by atoms with Crippen molar-refractivity contribution < 1.29 is 10.0 Å². The number of phenolic OH excluding ortho intramolecular Hbond substituents is 1. The molecule has 5 nitrogen and oxygen atoms in total. The van der Waals surface area contributed by atoms with Crippen LogP contribution in [0.5, 0.6) is 5.75 Å². The number of nitro benzene ring substituents is 1. The Morgan fingerprint density at radius 1 is 1.21 bits per heavy atom. The molecule has 0 saturated carbocycles. The predicted molar refractivity (Wildman–Crippen MR) is 75.5 cm³/mol. The number of nitrogens with zero attached hydrogens (tertiary/aromatic N) is 2. The highest BCUT2D eigenvalue weighted by atomic mass is 16.6. The Morgan fingerprint density at radius 3 is 2.37 bits per heavy atom. The summed E-state index contributed by atoms with van der Waals surface area (Å²) in [6.07, 6.45) is 2.98. The third-order valence-corrected chi connectivity index (χ3v) is 3.03. The second-order valence-electron chi connectivity index (χ2n) is 4.67. The summed E-state index contributed by atoms with van der Waals surface area (Å²) in [4.78, 5) is 12.6.